The lowest BCUT2D eigenvalue weighted by Crippen LogP contribution is -2.36. The second kappa shape index (κ2) is 8.84. The second-order valence-electron chi connectivity index (χ2n) is 8.14. The second-order valence-corrected chi connectivity index (χ2v) is 8.14. The molecule has 4 aromatic heterocycles. The van der Waals surface area contributed by atoms with Gasteiger partial charge in [0, 0.05) is 30.9 Å². The van der Waals surface area contributed by atoms with Crippen molar-refractivity contribution < 1.29 is 13.5 Å². The van der Waals surface area contributed by atoms with Crippen LogP contribution in [0.4, 0.5) is 20.2 Å². The summed E-state index contributed by atoms with van der Waals surface area (Å²) in [4.78, 5) is 11.4. The molecule has 5 heterocycles. The van der Waals surface area contributed by atoms with Gasteiger partial charge in [0.1, 0.15) is 17.2 Å². The van der Waals surface area contributed by atoms with E-state index in [-0.39, 0.29) is 0 Å². The van der Waals surface area contributed by atoms with E-state index in [4.69, 9.17) is 4.74 Å². The summed E-state index contributed by atoms with van der Waals surface area (Å²) in [7, 11) is 0. The molecule has 1 saturated heterocycles. The molecule has 9 nitrogen and oxygen atoms in total. The van der Waals surface area contributed by atoms with Crippen molar-refractivity contribution in [2.45, 2.75) is 6.54 Å². The van der Waals surface area contributed by atoms with Crippen LogP contribution < -0.4 is 10.2 Å². The summed E-state index contributed by atoms with van der Waals surface area (Å²) in [6, 6.07) is 10.5. The topological polar surface area (TPSA) is 93.4 Å². The van der Waals surface area contributed by atoms with Crippen LogP contribution in [0.15, 0.2) is 54.9 Å². The Morgan fingerprint density at radius 2 is 1.77 bits per heavy atom. The van der Waals surface area contributed by atoms with Crippen molar-refractivity contribution in [3.05, 3.63) is 72.3 Å². The van der Waals surface area contributed by atoms with E-state index in [0.717, 1.165) is 41.6 Å². The van der Waals surface area contributed by atoms with Crippen LogP contribution in [0.3, 0.4) is 0 Å². The Bertz CT molecular complexity index is 1510. The van der Waals surface area contributed by atoms with E-state index in [1.54, 1.807) is 22.8 Å². The Balaban J connectivity index is 1.27. The lowest BCUT2D eigenvalue weighted by Gasteiger charge is -2.28. The maximum absolute atomic E-state index is 13.7. The first-order valence-corrected chi connectivity index (χ1v) is 11.1. The predicted octanol–water partition coefficient (Wildman–Crippen LogP) is 3.46. The molecule has 11 heteroatoms. The van der Waals surface area contributed by atoms with E-state index in [2.05, 4.69) is 35.5 Å². The quantitative estimate of drug-likeness (QED) is 0.414. The average molecular weight is 474 g/mol. The number of nitrogens with one attached hydrogen (secondary N) is 1. The first-order valence-electron chi connectivity index (χ1n) is 11.1. The van der Waals surface area contributed by atoms with Crippen molar-refractivity contribution in [3.8, 4) is 11.3 Å². The van der Waals surface area contributed by atoms with Gasteiger partial charge in [-0.3, -0.25) is 9.97 Å². The van der Waals surface area contributed by atoms with Crippen molar-refractivity contribution in [1.82, 2.24) is 29.8 Å². The van der Waals surface area contributed by atoms with Gasteiger partial charge in [-0.2, -0.15) is 9.61 Å². The van der Waals surface area contributed by atoms with Crippen LogP contribution in [0.1, 0.15) is 5.82 Å². The Labute approximate surface area is 198 Å². The van der Waals surface area contributed by atoms with Gasteiger partial charge in [0.15, 0.2) is 11.5 Å². The third-order valence-electron chi connectivity index (χ3n) is 5.86. The van der Waals surface area contributed by atoms with E-state index in [1.807, 2.05) is 18.3 Å². The summed E-state index contributed by atoms with van der Waals surface area (Å²) in [5.41, 5.74) is 4.58. The Morgan fingerprint density at radius 1 is 0.943 bits per heavy atom. The molecular formula is C24H20F2N8O. The van der Waals surface area contributed by atoms with Gasteiger partial charge in [-0.25, -0.2) is 8.78 Å². The van der Waals surface area contributed by atoms with Crippen LogP contribution in [0.5, 0.6) is 0 Å². The van der Waals surface area contributed by atoms with Gasteiger partial charge in [0.2, 0.25) is 0 Å². The Morgan fingerprint density at radius 3 is 2.60 bits per heavy atom. The third kappa shape index (κ3) is 4.21. The van der Waals surface area contributed by atoms with Crippen molar-refractivity contribution in [2.24, 2.45) is 0 Å². The van der Waals surface area contributed by atoms with Crippen molar-refractivity contribution in [1.29, 1.82) is 0 Å². The van der Waals surface area contributed by atoms with Crippen LogP contribution in [-0.4, -0.2) is 56.1 Å². The van der Waals surface area contributed by atoms with Gasteiger partial charge in [-0.15, -0.1) is 10.2 Å². The molecule has 6 rings (SSSR count). The van der Waals surface area contributed by atoms with Gasteiger partial charge < -0.3 is 15.0 Å². The highest BCUT2D eigenvalue weighted by molar-refractivity contribution is 5.89. The predicted molar refractivity (Wildman–Crippen MR) is 126 cm³/mol. The van der Waals surface area contributed by atoms with Crippen LogP contribution >= 0.6 is 0 Å². The molecule has 1 N–H and O–H groups in total. The molecule has 1 aliphatic heterocycles. The summed E-state index contributed by atoms with van der Waals surface area (Å²) >= 11 is 0. The van der Waals surface area contributed by atoms with Gasteiger partial charge in [-0.05, 0) is 36.4 Å². The lowest BCUT2D eigenvalue weighted by atomic mass is 10.1. The molecular weight excluding hydrogens is 454 g/mol. The van der Waals surface area contributed by atoms with Crippen LogP contribution in [0, 0.1) is 11.6 Å². The third-order valence-corrected chi connectivity index (χ3v) is 5.86. The fourth-order valence-corrected chi connectivity index (χ4v) is 4.13. The van der Waals surface area contributed by atoms with Gasteiger partial charge >= 0.3 is 0 Å². The summed E-state index contributed by atoms with van der Waals surface area (Å²) in [6.45, 7) is 3.35. The van der Waals surface area contributed by atoms with Gasteiger partial charge in [0.05, 0.1) is 48.5 Å². The molecule has 5 aromatic rings. The van der Waals surface area contributed by atoms with Gasteiger partial charge in [-0.1, -0.05) is 0 Å². The number of halogens is 2. The lowest BCUT2D eigenvalue weighted by molar-refractivity contribution is 0.122. The number of hydrogen-bond donors (Lipinski definition) is 1. The molecule has 1 fully saturated rings. The SMILES string of the molecule is Fc1cc(F)cc(-c2ccc3nnc(CNc4ccnc5cc(N6CCOCC6)cnc45)n3n2)c1. The number of pyridine rings is 2. The molecule has 35 heavy (non-hydrogen) atoms. The zero-order valence-corrected chi connectivity index (χ0v) is 18.5. The summed E-state index contributed by atoms with van der Waals surface area (Å²) < 4.78 is 34.4. The van der Waals surface area contributed by atoms with Crippen molar-refractivity contribution in [3.63, 3.8) is 0 Å². The Hall–Kier alpha value is -4.25. The smallest absolute Gasteiger partial charge is 0.178 e. The molecule has 0 amide bonds. The standard InChI is InChI=1S/C24H20F2N8O/c25-16-9-15(10-17(26)11-16)19-1-2-22-30-31-23(34(22)32-19)14-28-20-3-4-27-21-12-18(13-29-24(20)21)33-5-7-35-8-6-33/h1-4,9-13H,5-8,14H2,(H,27,28). The molecule has 0 aliphatic carbocycles. The summed E-state index contributed by atoms with van der Waals surface area (Å²) in [5.74, 6) is -0.795. The maximum Gasteiger partial charge on any atom is 0.178 e. The molecule has 1 aliphatic rings. The minimum atomic E-state index is -0.665. The fourth-order valence-electron chi connectivity index (χ4n) is 4.13. The number of nitrogens with zero attached hydrogens (tertiary/aromatic N) is 7. The van der Waals surface area contributed by atoms with E-state index in [9.17, 15) is 8.78 Å². The highest BCUT2D eigenvalue weighted by atomic mass is 19.1. The van der Waals surface area contributed by atoms with Crippen molar-refractivity contribution in [2.75, 3.05) is 36.5 Å². The highest BCUT2D eigenvalue weighted by Crippen LogP contribution is 2.25. The first-order chi connectivity index (χ1) is 17.1. The Kier molecular flexibility index (Phi) is 5.38. The van der Waals surface area contributed by atoms with Crippen LogP contribution in [-0.2, 0) is 11.3 Å². The number of ether oxygens (including phenoxy) is 1. The minimum Gasteiger partial charge on any atom is -0.378 e. The molecule has 0 spiro atoms. The highest BCUT2D eigenvalue weighted by Gasteiger charge is 2.15. The normalized spacial score (nSPS) is 14.1. The van der Waals surface area contributed by atoms with E-state index in [1.165, 1.54) is 12.1 Å². The first kappa shape index (κ1) is 21.3. The van der Waals surface area contributed by atoms with Crippen LogP contribution in [0.2, 0.25) is 0 Å². The number of aromatic nitrogens is 6. The van der Waals surface area contributed by atoms with Gasteiger partial charge in [0.25, 0.3) is 0 Å². The molecule has 0 atom stereocenters. The van der Waals surface area contributed by atoms with Crippen molar-refractivity contribution >= 4 is 28.1 Å². The number of benzene rings is 1. The number of fused-ring (bicyclic) bond motifs is 2. The zero-order chi connectivity index (χ0) is 23.8. The van der Waals surface area contributed by atoms with Crippen LogP contribution in [0.25, 0.3) is 27.9 Å². The molecule has 0 bridgehead atoms. The van der Waals surface area contributed by atoms with E-state index >= 15 is 0 Å². The fraction of sp³-hybridized carbons (Fsp3) is 0.208. The molecule has 0 saturated carbocycles. The minimum absolute atomic E-state index is 0.307. The van der Waals surface area contributed by atoms with E-state index in [0.29, 0.717) is 42.5 Å². The number of hydrogen-bond acceptors (Lipinski definition) is 8. The van der Waals surface area contributed by atoms with E-state index < -0.39 is 11.6 Å². The zero-order valence-electron chi connectivity index (χ0n) is 18.5. The monoisotopic (exact) mass is 474 g/mol. The molecule has 176 valence electrons. The maximum atomic E-state index is 13.7. The molecule has 0 radical (unpaired) electrons. The summed E-state index contributed by atoms with van der Waals surface area (Å²) in [5, 5.41) is 16.2. The number of anilines is 2. The number of rotatable bonds is 5. The summed E-state index contributed by atoms with van der Waals surface area (Å²) in [6.07, 6.45) is 3.57. The average Bonchev–Trinajstić information content (AvgIpc) is 3.29. The number of morpholine rings is 1. The molecule has 0 unspecified atom stereocenters. The largest absolute Gasteiger partial charge is 0.378 e. The molecule has 1 aromatic carbocycles.